The topological polar surface area (TPSA) is 12.0 Å². The van der Waals surface area contributed by atoms with Crippen molar-refractivity contribution in [3.05, 3.63) is 0 Å². The zero-order valence-corrected chi connectivity index (χ0v) is 13.4. The van der Waals surface area contributed by atoms with Crippen LogP contribution in [0.3, 0.4) is 0 Å². The highest BCUT2D eigenvalue weighted by Gasteiger charge is 2.55. The van der Waals surface area contributed by atoms with Crippen molar-refractivity contribution in [3.8, 4) is 0 Å². The quantitative estimate of drug-likeness (QED) is 0.762. The van der Waals surface area contributed by atoms with Gasteiger partial charge in [-0.15, -0.1) is 0 Å². The lowest BCUT2D eigenvalue weighted by Crippen LogP contribution is -2.58. The van der Waals surface area contributed by atoms with Crippen molar-refractivity contribution in [1.29, 1.82) is 0 Å². The maximum Gasteiger partial charge on any atom is 0.0152 e. The molecule has 0 aromatic rings. The van der Waals surface area contributed by atoms with Gasteiger partial charge in [-0.3, -0.25) is 0 Å². The van der Waals surface area contributed by atoms with Crippen molar-refractivity contribution in [1.82, 2.24) is 5.32 Å². The van der Waals surface area contributed by atoms with Gasteiger partial charge in [-0.05, 0) is 93.4 Å². The summed E-state index contributed by atoms with van der Waals surface area (Å²) in [6.45, 7) is 3.58. The van der Waals surface area contributed by atoms with Crippen molar-refractivity contribution in [2.45, 2.75) is 83.6 Å². The first-order chi connectivity index (χ1) is 9.79. The van der Waals surface area contributed by atoms with Gasteiger partial charge in [0, 0.05) is 6.04 Å². The summed E-state index contributed by atoms with van der Waals surface area (Å²) in [5.41, 5.74) is 0.721. The maximum atomic E-state index is 4.07. The van der Waals surface area contributed by atoms with Crippen molar-refractivity contribution >= 4 is 0 Å². The van der Waals surface area contributed by atoms with E-state index in [4.69, 9.17) is 0 Å². The van der Waals surface area contributed by atoms with Gasteiger partial charge in [-0.1, -0.05) is 19.8 Å². The Hall–Kier alpha value is -0.0400. The summed E-state index contributed by atoms with van der Waals surface area (Å²) in [7, 11) is 0. The van der Waals surface area contributed by atoms with Crippen LogP contribution < -0.4 is 5.32 Å². The van der Waals surface area contributed by atoms with E-state index in [1.54, 1.807) is 38.5 Å². The molecule has 0 aliphatic heterocycles. The zero-order chi connectivity index (χ0) is 13.6. The van der Waals surface area contributed by atoms with E-state index in [0.717, 1.165) is 35.1 Å². The summed E-state index contributed by atoms with van der Waals surface area (Å²) in [5.74, 6) is 4.33. The Morgan fingerprint density at radius 2 is 1.50 bits per heavy atom. The molecule has 5 aliphatic rings. The largest absolute Gasteiger partial charge is 0.313 e. The van der Waals surface area contributed by atoms with Crippen LogP contribution in [0.5, 0.6) is 0 Å². The van der Waals surface area contributed by atoms with Crippen LogP contribution in [-0.4, -0.2) is 12.6 Å². The molecule has 0 amide bonds. The smallest absolute Gasteiger partial charge is 0.0152 e. The molecule has 0 radical (unpaired) electrons. The third-order valence-corrected chi connectivity index (χ3v) is 7.23. The molecule has 0 aromatic carbocycles. The fourth-order valence-electron chi connectivity index (χ4n) is 7.03. The van der Waals surface area contributed by atoms with E-state index in [9.17, 15) is 0 Å². The van der Waals surface area contributed by atoms with Crippen LogP contribution in [0.1, 0.15) is 77.6 Å². The van der Waals surface area contributed by atoms with Gasteiger partial charge in [0.1, 0.15) is 0 Å². The van der Waals surface area contributed by atoms with Crippen LogP contribution in [0, 0.1) is 29.1 Å². The third kappa shape index (κ3) is 2.25. The van der Waals surface area contributed by atoms with E-state index in [0.29, 0.717) is 0 Å². The van der Waals surface area contributed by atoms with Crippen molar-refractivity contribution in [2.24, 2.45) is 29.1 Å². The molecule has 5 aliphatic carbocycles. The summed E-state index contributed by atoms with van der Waals surface area (Å²) in [5, 5.41) is 4.07. The summed E-state index contributed by atoms with van der Waals surface area (Å²) >= 11 is 0. The molecule has 1 heteroatoms. The van der Waals surface area contributed by atoms with Gasteiger partial charge in [0.15, 0.2) is 0 Å². The second-order valence-corrected chi connectivity index (χ2v) is 8.76. The van der Waals surface area contributed by atoms with E-state index >= 15 is 0 Å². The number of hydrogen-bond acceptors (Lipinski definition) is 1. The minimum atomic E-state index is 0.721. The lowest BCUT2D eigenvalue weighted by atomic mass is 9.46. The lowest BCUT2D eigenvalue weighted by molar-refractivity contribution is -0.0844. The number of nitrogens with one attached hydrogen (secondary N) is 1. The molecule has 4 bridgehead atoms. The van der Waals surface area contributed by atoms with E-state index in [-0.39, 0.29) is 0 Å². The average Bonchev–Trinajstić information content (AvgIpc) is 2.91. The van der Waals surface area contributed by atoms with Crippen LogP contribution in [0.4, 0.5) is 0 Å². The summed E-state index contributed by atoms with van der Waals surface area (Å²) in [4.78, 5) is 0. The number of rotatable bonds is 5. The first kappa shape index (κ1) is 13.6. The van der Waals surface area contributed by atoms with Crippen LogP contribution >= 0.6 is 0 Å². The van der Waals surface area contributed by atoms with E-state index < -0.39 is 0 Å². The Bertz CT molecular complexity index is 306. The highest BCUT2D eigenvalue weighted by atomic mass is 14.9. The molecule has 1 N–H and O–H groups in total. The fraction of sp³-hybridized carbons (Fsp3) is 1.00. The van der Waals surface area contributed by atoms with Gasteiger partial charge >= 0.3 is 0 Å². The highest BCUT2D eigenvalue weighted by molar-refractivity contribution is 5.08. The van der Waals surface area contributed by atoms with E-state index in [1.165, 1.54) is 38.6 Å². The Morgan fingerprint density at radius 1 is 0.950 bits per heavy atom. The van der Waals surface area contributed by atoms with Crippen molar-refractivity contribution in [3.63, 3.8) is 0 Å². The van der Waals surface area contributed by atoms with Crippen LogP contribution in [0.2, 0.25) is 0 Å². The fourth-order valence-corrected chi connectivity index (χ4v) is 7.03. The molecule has 20 heavy (non-hydrogen) atoms. The van der Waals surface area contributed by atoms with Crippen molar-refractivity contribution in [2.75, 3.05) is 6.54 Å². The van der Waals surface area contributed by atoms with Crippen molar-refractivity contribution < 1.29 is 0 Å². The molecular weight excluding hydrogens is 242 g/mol. The van der Waals surface area contributed by atoms with Crippen LogP contribution in [-0.2, 0) is 0 Å². The monoisotopic (exact) mass is 275 g/mol. The normalized spacial score (nSPS) is 45.1. The maximum absolute atomic E-state index is 4.07. The van der Waals surface area contributed by atoms with Gasteiger partial charge in [-0.2, -0.15) is 0 Å². The van der Waals surface area contributed by atoms with Gasteiger partial charge in [0.25, 0.3) is 0 Å². The summed E-state index contributed by atoms with van der Waals surface area (Å²) in [6.07, 6.45) is 16.8. The molecule has 5 fully saturated rings. The first-order valence-corrected chi connectivity index (χ1v) is 9.52. The van der Waals surface area contributed by atoms with Crippen LogP contribution in [0.25, 0.3) is 0 Å². The Kier molecular flexibility index (Phi) is 3.61. The predicted octanol–water partition coefficient (Wildman–Crippen LogP) is 4.76. The molecular formula is C19H33N. The minimum Gasteiger partial charge on any atom is -0.313 e. The highest BCUT2D eigenvalue weighted by Crippen LogP contribution is 2.62. The Morgan fingerprint density at radius 3 is 2.00 bits per heavy atom. The van der Waals surface area contributed by atoms with Gasteiger partial charge in [0.05, 0.1) is 0 Å². The van der Waals surface area contributed by atoms with E-state index in [1.807, 2.05) is 0 Å². The first-order valence-electron chi connectivity index (χ1n) is 9.52. The summed E-state index contributed by atoms with van der Waals surface area (Å²) < 4.78 is 0. The molecule has 0 heterocycles. The lowest BCUT2D eigenvalue weighted by Gasteiger charge is -2.60. The predicted molar refractivity (Wildman–Crippen MR) is 84.6 cm³/mol. The molecule has 0 saturated heterocycles. The molecule has 1 unspecified atom stereocenters. The third-order valence-electron chi connectivity index (χ3n) is 7.23. The van der Waals surface area contributed by atoms with Crippen LogP contribution in [0.15, 0.2) is 0 Å². The zero-order valence-electron chi connectivity index (χ0n) is 13.4. The molecule has 5 rings (SSSR count). The molecule has 1 nitrogen and oxygen atoms in total. The summed E-state index contributed by atoms with van der Waals surface area (Å²) in [6, 6.07) is 0.873. The Labute approximate surface area is 125 Å². The molecule has 0 aromatic heterocycles. The van der Waals surface area contributed by atoms with E-state index in [2.05, 4.69) is 12.2 Å². The molecule has 5 saturated carbocycles. The standard InChI is InChI=1S/C19H33N/c1-2-7-20-18(17-5-3-4-6-17)19-11-14-8-15(12-19)10-16(9-14)13-19/h14-18,20H,2-13H2,1H3. The second kappa shape index (κ2) is 5.30. The molecule has 1 atom stereocenters. The average molecular weight is 275 g/mol. The second-order valence-electron chi connectivity index (χ2n) is 8.76. The van der Waals surface area contributed by atoms with Gasteiger partial charge in [0.2, 0.25) is 0 Å². The molecule has 114 valence electrons. The number of hydrogen-bond donors (Lipinski definition) is 1. The Balaban J connectivity index is 1.57. The molecule has 0 spiro atoms. The minimum absolute atomic E-state index is 0.721. The van der Waals surface area contributed by atoms with Gasteiger partial charge in [-0.25, -0.2) is 0 Å². The SMILES string of the molecule is CCCNC(C1CCCC1)C12CC3CC(CC(C3)C1)C2. The van der Waals surface area contributed by atoms with Gasteiger partial charge < -0.3 is 5.32 Å².